The van der Waals surface area contributed by atoms with Crippen LogP contribution in [0.3, 0.4) is 0 Å². The highest BCUT2D eigenvalue weighted by Crippen LogP contribution is 2.32. The lowest BCUT2D eigenvalue weighted by molar-refractivity contribution is -0.385. The molecule has 1 aliphatic rings. The van der Waals surface area contributed by atoms with Crippen LogP contribution in [0, 0.1) is 15.9 Å². The Morgan fingerprint density at radius 2 is 2.06 bits per heavy atom. The molecule has 0 aliphatic carbocycles. The van der Waals surface area contributed by atoms with Crippen molar-refractivity contribution in [2.75, 3.05) is 13.1 Å². The van der Waals surface area contributed by atoms with Crippen LogP contribution in [0.15, 0.2) is 18.2 Å². The molecule has 1 aliphatic heterocycles. The van der Waals surface area contributed by atoms with Gasteiger partial charge in [-0.05, 0) is 44.0 Å². The Kier molecular flexibility index (Phi) is 3.14. The van der Waals surface area contributed by atoms with Gasteiger partial charge in [-0.3, -0.25) is 10.1 Å². The van der Waals surface area contributed by atoms with E-state index in [1.54, 1.807) is 0 Å². The summed E-state index contributed by atoms with van der Waals surface area (Å²) in [5.41, 5.74) is 0.569. The number of nitro groups is 1. The molecule has 1 saturated heterocycles. The second-order valence-electron chi connectivity index (χ2n) is 3.98. The third kappa shape index (κ3) is 2.19. The number of nitro benzene ring substituents is 1. The molecule has 16 heavy (non-hydrogen) atoms. The van der Waals surface area contributed by atoms with Crippen LogP contribution < -0.4 is 5.32 Å². The van der Waals surface area contributed by atoms with Crippen molar-refractivity contribution < 1.29 is 9.31 Å². The minimum Gasteiger partial charge on any atom is -0.317 e. The number of hydrogen-bond acceptors (Lipinski definition) is 3. The Balaban J connectivity index is 2.36. The second kappa shape index (κ2) is 4.57. The monoisotopic (exact) mass is 224 g/mol. The van der Waals surface area contributed by atoms with Gasteiger partial charge >= 0.3 is 0 Å². The van der Waals surface area contributed by atoms with Crippen LogP contribution in [0.4, 0.5) is 10.1 Å². The molecule has 1 heterocycles. The molecule has 1 aromatic rings. The maximum Gasteiger partial charge on any atom is 0.273 e. The van der Waals surface area contributed by atoms with Gasteiger partial charge in [0.2, 0.25) is 0 Å². The van der Waals surface area contributed by atoms with Crippen molar-refractivity contribution in [2.24, 2.45) is 0 Å². The van der Waals surface area contributed by atoms with Crippen molar-refractivity contribution in [3.05, 3.63) is 39.7 Å². The van der Waals surface area contributed by atoms with E-state index in [4.69, 9.17) is 0 Å². The molecular weight excluding hydrogens is 211 g/mol. The summed E-state index contributed by atoms with van der Waals surface area (Å²) in [6.45, 7) is 1.66. The van der Waals surface area contributed by atoms with E-state index in [0.29, 0.717) is 5.56 Å². The normalized spacial score (nSPS) is 17.3. The first kappa shape index (κ1) is 11.0. The van der Waals surface area contributed by atoms with Gasteiger partial charge in [0, 0.05) is 11.6 Å². The van der Waals surface area contributed by atoms with Gasteiger partial charge in [0.05, 0.1) is 4.92 Å². The van der Waals surface area contributed by atoms with E-state index in [1.807, 2.05) is 0 Å². The zero-order valence-corrected chi connectivity index (χ0v) is 8.78. The zero-order chi connectivity index (χ0) is 11.5. The van der Waals surface area contributed by atoms with Crippen molar-refractivity contribution in [1.82, 2.24) is 5.32 Å². The highest BCUT2D eigenvalue weighted by Gasteiger charge is 2.24. The van der Waals surface area contributed by atoms with Gasteiger partial charge in [-0.25, -0.2) is 4.39 Å². The van der Waals surface area contributed by atoms with E-state index in [0.717, 1.165) is 32.0 Å². The van der Waals surface area contributed by atoms with Crippen LogP contribution in [0.2, 0.25) is 0 Å². The molecule has 0 amide bonds. The summed E-state index contributed by atoms with van der Waals surface area (Å²) in [4.78, 5) is 10.4. The lowest BCUT2D eigenvalue weighted by Crippen LogP contribution is -2.27. The molecular formula is C11H13FN2O2. The van der Waals surface area contributed by atoms with Gasteiger partial charge in [-0.2, -0.15) is 0 Å². The molecule has 0 spiro atoms. The van der Waals surface area contributed by atoms with E-state index < -0.39 is 10.7 Å². The van der Waals surface area contributed by atoms with Gasteiger partial charge in [0.25, 0.3) is 5.69 Å². The fourth-order valence-electron chi connectivity index (χ4n) is 2.15. The Hall–Kier alpha value is -1.49. The second-order valence-corrected chi connectivity index (χ2v) is 3.98. The Labute approximate surface area is 92.6 Å². The average molecular weight is 224 g/mol. The van der Waals surface area contributed by atoms with Crippen molar-refractivity contribution in [3.8, 4) is 0 Å². The number of piperidine rings is 1. The molecule has 1 fully saturated rings. The van der Waals surface area contributed by atoms with Crippen LogP contribution in [0.25, 0.3) is 0 Å². The topological polar surface area (TPSA) is 55.2 Å². The summed E-state index contributed by atoms with van der Waals surface area (Å²) in [7, 11) is 0. The Morgan fingerprint density at radius 1 is 1.38 bits per heavy atom. The lowest BCUT2D eigenvalue weighted by atomic mass is 9.89. The number of nitrogens with zero attached hydrogens (tertiary/aromatic N) is 1. The Bertz CT molecular complexity index is 403. The Morgan fingerprint density at radius 3 is 2.69 bits per heavy atom. The summed E-state index contributed by atoms with van der Waals surface area (Å²) in [5.74, 6) is -0.309. The molecule has 0 aromatic heterocycles. The standard InChI is InChI=1S/C11H13FN2O2/c12-9-1-2-11(14(15)16)10(7-9)8-3-5-13-6-4-8/h1-2,7-8,13H,3-6H2. The van der Waals surface area contributed by atoms with Crippen LogP contribution in [0.1, 0.15) is 24.3 Å². The van der Waals surface area contributed by atoms with Crippen molar-refractivity contribution in [2.45, 2.75) is 18.8 Å². The summed E-state index contributed by atoms with van der Waals surface area (Å²) in [5, 5.41) is 14.0. The van der Waals surface area contributed by atoms with Gasteiger partial charge in [-0.1, -0.05) is 0 Å². The predicted octanol–water partition coefficient (Wildman–Crippen LogP) is 2.20. The summed E-state index contributed by atoms with van der Waals surface area (Å²) in [6, 6.07) is 3.70. The number of nitrogens with one attached hydrogen (secondary N) is 1. The molecule has 5 heteroatoms. The molecule has 1 aromatic carbocycles. The highest BCUT2D eigenvalue weighted by atomic mass is 19.1. The zero-order valence-electron chi connectivity index (χ0n) is 8.78. The maximum atomic E-state index is 13.1. The van der Waals surface area contributed by atoms with Crippen molar-refractivity contribution in [1.29, 1.82) is 0 Å². The highest BCUT2D eigenvalue weighted by molar-refractivity contribution is 5.43. The van der Waals surface area contributed by atoms with E-state index >= 15 is 0 Å². The number of halogens is 1. The largest absolute Gasteiger partial charge is 0.317 e. The molecule has 86 valence electrons. The predicted molar refractivity (Wildman–Crippen MR) is 57.9 cm³/mol. The molecule has 2 rings (SSSR count). The van der Waals surface area contributed by atoms with Crippen LogP contribution in [-0.2, 0) is 0 Å². The van der Waals surface area contributed by atoms with Gasteiger partial charge in [0.15, 0.2) is 0 Å². The third-order valence-electron chi connectivity index (χ3n) is 2.97. The first-order valence-corrected chi connectivity index (χ1v) is 5.33. The summed E-state index contributed by atoms with van der Waals surface area (Å²) < 4.78 is 13.1. The van der Waals surface area contributed by atoms with E-state index in [9.17, 15) is 14.5 Å². The van der Waals surface area contributed by atoms with E-state index in [1.165, 1.54) is 12.1 Å². The van der Waals surface area contributed by atoms with Gasteiger partial charge in [0.1, 0.15) is 5.82 Å². The fourth-order valence-corrected chi connectivity index (χ4v) is 2.15. The number of benzene rings is 1. The fraction of sp³-hybridized carbons (Fsp3) is 0.455. The van der Waals surface area contributed by atoms with Crippen LogP contribution in [-0.4, -0.2) is 18.0 Å². The average Bonchev–Trinajstić information content (AvgIpc) is 2.29. The van der Waals surface area contributed by atoms with E-state index in [2.05, 4.69) is 5.32 Å². The first-order chi connectivity index (χ1) is 7.68. The molecule has 0 unspecified atom stereocenters. The number of rotatable bonds is 2. The van der Waals surface area contributed by atoms with Gasteiger partial charge in [-0.15, -0.1) is 0 Å². The first-order valence-electron chi connectivity index (χ1n) is 5.33. The smallest absolute Gasteiger partial charge is 0.273 e. The number of hydrogen-bond donors (Lipinski definition) is 1. The maximum absolute atomic E-state index is 13.1. The van der Waals surface area contributed by atoms with Crippen LogP contribution >= 0.6 is 0 Å². The van der Waals surface area contributed by atoms with Gasteiger partial charge < -0.3 is 5.32 Å². The molecule has 0 bridgehead atoms. The lowest BCUT2D eigenvalue weighted by Gasteiger charge is -2.22. The summed E-state index contributed by atoms with van der Waals surface area (Å²) >= 11 is 0. The molecule has 0 radical (unpaired) electrons. The minimum atomic E-state index is -0.434. The summed E-state index contributed by atoms with van der Waals surface area (Å²) in [6.07, 6.45) is 1.65. The van der Waals surface area contributed by atoms with E-state index in [-0.39, 0.29) is 11.6 Å². The molecule has 4 nitrogen and oxygen atoms in total. The third-order valence-corrected chi connectivity index (χ3v) is 2.97. The minimum absolute atomic E-state index is 0.0355. The van der Waals surface area contributed by atoms with Crippen molar-refractivity contribution in [3.63, 3.8) is 0 Å². The van der Waals surface area contributed by atoms with Crippen molar-refractivity contribution >= 4 is 5.69 Å². The molecule has 1 N–H and O–H groups in total. The molecule has 0 saturated carbocycles. The quantitative estimate of drug-likeness (QED) is 0.619. The van der Waals surface area contributed by atoms with Crippen LogP contribution in [0.5, 0.6) is 0 Å². The SMILES string of the molecule is O=[N+]([O-])c1ccc(F)cc1C1CCNCC1. The molecule has 0 atom stereocenters.